The second kappa shape index (κ2) is 11.9. The second-order valence-corrected chi connectivity index (χ2v) is 10.7. The van der Waals surface area contributed by atoms with E-state index in [0.29, 0.717) is 23.4 Å². The molecule has 0 radical (unpaired) electrons. The summed E-state index contributed by atoms with van der Waals surface area (Å²) in [5.74, 6) is -1.19. The molecule has 1 aliphatic rings. The number of nitrogens with one attached hydrogen (secondary N) is 2. The highest BCUT2D eigenvalue weighted by atomic mass is 32.2. The maximum absolute atomic E-state index is 13.6. The topological polar surface area (TPSA) is 160 Å². The highest BCUT2D eigenvalue weighted by molar-refractivity contribution is 7.88. The van der Waals surface area contributed by atoms with Crippen LogP contribution in [0, 0.1) is 0 Å². The Labute approximate surface area is 221 Å². The number of hydrogen-bond donors (Lipinski definition) is 4. The zero-order chi connectivity index (χ0) is 27.1. The fourth-order valence-electron chi connectivity index (χ4n) is 4.33. The molecule has 0 aliphatic carbocycles. The average Bonchev–Trinajstić information content (AvgIpc) is 3.00. The highest BCUT2D eigenvalue weighted by Crippen LogP contribution is 2.27. The number of amides is 2. The summed E-state index contributed by atoms with van der Waals surface area (Å²) >= 11 is 0. The van der Waals surface area contributed by atoms with E-state index >= 15 is 0 Å². The number of anilines is 1. The molecule has 1 aliphatic heterocycles. The van der Waals surface area contributed by atoms with Gasteiger partial charge in [0.15, 0.2) is 5.96 Å². The summed E-state index contributed by atoms with van der Waals surface area (Å²) in [5, 5.41) is 2.81. The molecule has 0 saturated heterocycles. The summed E-state index contributed by atoms with van der Waals surface area (Å²) in [6.07, 6.45) is 0.760. The van der Waals surface area contributed by atoms with Gasteiger partial charge in [-0.3, -0.25) is 9.59 Å². The third kappa shape index (κ3) is 7.17. The number of carbonyl (C=O) groups excluding carboxylic acids is 2. The zero-order valence-corrected chi connectivity index (χ0v) is 21.5. The number of aliphatic imine (C=N–C) groups is 1. The van der Waals surface area contributed by atoms with E-state index in [1.54, 1.807) is 60.7 Å². The predicted octanol–water partition coefficient (Wildman–Crippen LogP) is 1.68. The molecule has 3 aromatic rings. The van der Waals surface area contributed by atoms with Crippen molar-refractivity contribution in [3.8, 4) is 0 Å². The Morgan fingerprint density at radius 3 is 2.45 bits per heavy atom. The van der Waals surface area contributed by atoms with Gasteiger partial charge in [-0.2, -0.15) is 0 Å². The Morgan fingerprint density at radius 1 is 0.974 bits per heavy atom. The zero-order valence-electron chi connectivity index (χ0n) is 20.7. The van der Waals surface area contributed by atoms with Crippen molar-refractivity contribution in [2.24, 2.45) is 16.5 Å². The lowest BCUT2D eigenvalue weighted by Crippen LogP contribution is -2.50. The van der Waals surface area contributed by atoms with Crippen LogP contribution in [0.2, 0.25) is 0 Å². The molecule has 0 fully saturated rings. The molecule has 198 valence electrons. The van der Waals surface area contributed by atoms with Crippen molar-refractivity contribution in [3.63, 3.8) is 0 Å². The molecule has 2 amide bonds. The van der Waals surface area contributed by atoms with E-state index in [1.165, 1.54) is 4.90 Å². The molecular weight excluding hydrogens is 504 g/mol. The number of nitrogens with two attached hydrogens (primary N) is 2. The summed E-state index contributed by atoms with van der Waals surface area (Å²) in [6.45, 7) is -0.0656. The first-order chi connectivity index (χ1) is 18.2. The van der Waals surface area contributed by atoms with Gasteiger partial charge in [0.1, 0.15) is 12.6 Å². The van der Waals surface area contributed by atoms with Gasteiger partial charge in [-0.25, -0.2) is 18.1 Å². The maximum Gasteiger partial charge on any atom is 0.245 e. The minimum atomic E-state index is -3.81. The van der Waals surface area contributed by atoms with Crippen molar-refractivity contribution in [1.82, 2.24) is 10.0 Å². The fraction of sp³-hybridized carbons (Fsp3) is 0.222. The van der Waals surface area contributed by atoms with E-state index in [2.05, 4.69) is 15.0 Å². The summed E-state index contributed by atoms with van der Waals surface area (Å²) in [4.78, 5) is 31.9. The van der Waals surface area contributed by atoms with Gasteiger partial charge in [0.25, 0.3) is 0 Å². The van der Waals surface area contributed by atoms with Crippen LogP contribution in [0.25, 0.3) is 0 Å². The number of nitrogens with zero attached hydrogens (tertiary/aromatic N) is 2. The lowest BCUT2D eigenvalue weighted by molar-refractivity contribution is -0.124. The third-order valence-corrected chi connectivity index (χ3v) is 7.39. The Kier molecular flexibility index (Phi) is 8.39. The van der Waals surface area contributed by atoms with Crippen molar-refractivity contribution >= 4 is 39.2 Å². The van der Waals surface area contributed by atoms with Crippen LogP contribution in [-0.4, -0.2) is 38.8 Å². The molecule has 1 heterocycles. The molecule has 6 N–H and O–H groups in total. The van der Waals surface area contributed by atoms with Crippen LogP contribution in [0.5, 0.6) is 0 Å². The fourth-order valence-corrected chi connectivity index (χ4v) is 5.69. The first kappa shape index (κ1) is 26.8. The van der Waals surface area contributed by atoms with Gasteiger partial charge in [-0.05, 0) is 47.7 Å². The van der Waals surface area contributed by atoms with E-state index < -0.39 is 27.9 Å². The molecule has 38 heavy (non-hydrogen) atoms. The Hall–Kier alpha value is -4.22. The van der Waals surface area contributed by atoms with Crippen LogP contribution in [0.15, 0.2) is 83.9 Å². The van der Waals surface area contributed by atoms with Gasteiger partial charge in [0.2, 0.25) is 21.8 Å². The highest BCUT2D eigenvalue weighted by Gasteiger charge is 2.34. The normalized spacial score (nSPS) is 15.3. The minimum Gasteiger partial charge on any atom is -0.370 e. The van der Waals surface area contributed by atoms with E-state index in [0.717, 1.165) is 11.1 Å². The summed E-state index contributed by atoms with van der Waals surface area (Å²) in [5.41, 5.74) is 14.3. The minimum absolute atomic E-state index is 0.0709. The standard InChI is InChI=1S/C27H30N6O4S/c28-27(29)31-22-11-6-9-20(15-22)16-30-25(34)17-33-24-12-5-4-10-21(24)13-14-23(26(33)35)32-38(36,37)18-19-7-2-1-3-8-19/h1-12,15,23,32H,13-14,16-18H2,(H,30,34)(H4,28,29,31). The lowest BCUT2D eigenvalue weighted by atomic mass is 10.1. The summed E-state index contributed by atoms with van der Waals surface area (Å²) < 4.78 is 28.4. The number of aryl methyl sites for hydroxylation is 1. The van der Waals surface area contributed by atoms with Crippen molar-refractivity contribution in [2.75, 3.05) is 11.4 Å². The quantitative estimate of drug-likeness (QED) is 0.241. The van der Waals surface area contributed by atoms with E-state index in [1.807, 2.05) is 18.2 Å². The molecule has 10 nitrogen and oxygen atoms in total. The molecule has 0 saturated carbocycles. The van der Waals surface area contributed by atoms with Crippen LogP contribution in [0.3, 0.4) is 0 Å². The van der Waals surface area contributed by atoms with Crippen LogP contribution < -0.4 is 26.4 Å². The van der Waals surface area contributed by atoms with Crippen molar-refractivity contribution < 1.29 is 18.0 Å². The van der Waals surface area contributed by atoms with Gasteiger partial charge in [0, 0.05) is 12.2 Å². The van der Waals surface area contributed by atoms with Gasteiger partial charge < -0.3 is 21.7 Å². The van der Waals surface area contributed by atoms with Crippen LogP contribution in [0.4, 0.5) is 11.4 Å². The number of hydrogen-bond acceptors (Lipinski definition) is 5. The predicted molar refractivity (Wildman–Crippen MR) is 147 cm³/mol. The lowest BCUT2D eigenvalue weighted by Gasteiger charge is -2.26. The second-order valence-electron chi connectivity index (χ2n) is 8.99. The van der Waals surface area contributed by atoms with Crippen molar-refractivity contribution in [1.29, 1.82) is 0 Å². The number of guanidine groups is 1. The molecule has 1 atom stereocenters. The smallest absolute Gasteiger partial charge is 0.245 e. The average molecular weight is 535 g/mol. The maximum atomic E-state index is 13.6. The van der Waals surface area contributed by atoms with Gasteiger partial charge in [-0.15, -0.1) is 0 Å². The third-order valence-electron chi connectivity index (χ3n) is 6.03. The largest absolute Gasteiger partial charge is 0.370 e. The first-order valence-corrected chi connectivity index (χ1v) is 13.7. The van der Waals surface area contributed by atoms with Crippen LogP contribution >= 0.6 is 0 Å². The summed E-state index contributed by atoms with van der Waals surface area (Å²) in [7, 11) is -3.81. The monoisotopic (exact) mass is 534 g/mol. The number of fused-ring (bicyclic) bond motifs is 1. The number of benzene rings is 3. The summed E-state index contributed by atoms with van der Waals surface area (Å²) in [6, 6.07) is 22.1. The van der Waals surface area contributed by atoms with E-state index in [9.17, 15) is 18.0 Å². The molecule has 0 bridgehead atoms. The number of para-hydroxylation sites is 1. The molecule has 1 unspecified atom stereocenters. The van der Waals surface area contributed by atoms with Crippen molar-refractivity contribution in [2.45, 2.75) is 31.2 Å². The van der Waals surface area contributed by atoms with Gasteiger partial charge in [0.05, 0.1) is 11.4 Å². The Bertz CT molecular complexity index is 1440. The van der Waals surface area contributed by atoms with Crippen LogP contribution in [-0.2, 0) is 38.3 Å². The molecule has 3 aromatic carbocycles. The number of sulfonamides is 1. The molecule has 4 rings (SSSR count). The molecule has 0 aromatic heterocycles. The number of carbonyl (C=O) groups is 2. The van der Waals surface area contributed by atoms with E-state index in [-0.39, 0.29) is 31.2 Å². The van der Waals surface area contributed by atoms with Gasteiger partial charge in [-0.1, -0.05) is 60.7 Å². The van der Waals surface area contributed by atoms with E-state index in [4.69, 9.17) is 11.5 Å². The SMILES string of the molecule is NC(N)=Nc1cccc(CNC(=O)CN2C(=O)C(NS(=O)(=O)Cc3ccccc3)CCc3ccccc32)c1. The molecular formula is C27H30N6O4S. The van der Waals surface area contributed by atoms with Crippen LogP contribution in [0.1, 0.15) is 23.1 Å². The first-order valence-electron chi connectivity index (χ1n) is 12.1. The van der Waals surface area contributed by atoms with Gasteiger partial charge >= 0.3 is 0 Å². The number of rotatable bonds is 9. The van der Waals surface area contributed by atoms with Crippen molar-refractivity contribution in [3.05, 3.63) is 95.6 Å². The Morgan fingerprint density at radius 2 is 1.68 bits per heavy atom. The molecule has 11 heteroatoms. The molecule has 0 spiro atoms. The Balaban J connectivity index is 1.48.